The molecule has 12 nitrogen and oxygen atoms in total. The fourth-order valence-electron chi connectivity index (χ4n) is 8.29. The predicted molar refractivity (Wildman–Crippen MR) is 226 cm³/mol. The van der Waals surface area contributed by atoms with Gasteiger partial charge in [0.25, 0.3) is 11.8 Å². The van der Waals surface area contributed by atoms with Crippen molar-refractivity contribution in [3.63, 3.8) is 0 Å². The Labute approximate surface area is 362 Å². The van der Waals surface area contributed by atoms with Gasteiger partial charge in [0, 0.05) is 35.5 Å². The van der Waals surface area contributed by atoms with Crippen LogP contribution in [0.25, 0.3) is 45.7 Å². The summed E-state index contributed by atoms with van der Waals surface area (Å²) in [5.74, 6) is 3.93. The average molecular weight is 842 g/mol. The Morgan fingerprint density at radius 2 is 1.08 bits per heavy atom. The Bertz CT molecular complexity index is 2340. The Morgan fingerprint density at radius 3 is 1.46 bits per heavy atom. The van der Waals surface area contributed by atoms with E-state index in [9.17, 15) is 10.5 Å². The first-order chi connectivity index (χ1) is 29.2. The van der Waals surface area contributed by atoms with Gasteiger partial charge in [-0.15, -0.1) is 0 Å². The summed E-state index contributed by atoms with van der Waals surface area (Å²) in [7, 11) is 0. The molecule has 6 aromatic rings. The molecule has 0 saturated carbocycles. The maximum absolute atomic E-state index is 9.47. The Balaban J connectivity index is 0.000000201. The number of aliphatic hydroxyl groups excluding tert-OH is 2. The van der Waals surface area contributed by atoms with Gasteiger partial charge in [0.1, 0.15) is 23.6 Å². The summed E-state index contributed by atoms with van der Waals surface area (Å²) < 4.78 is 22.4. The molecule has 0 bridgehead atoms. The monoisotopic (exact) mass is 841 g/mol. The highest BCUT2D eigenvalue weighted by atomic mass is 35.5. The first-order valence-electron chi connectivity index (χ1n) is 20.8. The summed E-state index contributed by atoms with van der Waals surface area (Å²) in [6.45, 7) is 8.15. The lowest BCUT2D eigenvalue weighted by Crippen LogP contribution is -3.00. The summed E-state index contributed by atoms with van der Waals surface area (Å²) >= 11 is 0. The van der Waals surface area contributed by atoms with Crippen LogP contribution in [0, 0.1) is 22.7 Å². The van der Waals surface area contributed by atoms with Crippen molar-refractivity contribution in [2.75, 3.05) is 13.2 Å². The Morgan fingerprint density at radius 1 is 0.656 bits per heavy atom. The first-order valence-corrected chi connectivity index (χ1v) is 20.8. The van der Waals surface area contributed by atoms with Crippen molar-refractivity contribution in [2.45, 2.75) is 103 Å². The van der Waals surface area contributed by atoms with E-state index in [2.05, 4.69) is 44.6 Å². The zero-order valence-electron chi connectivity index (χ0n) is 34.9. The van der Waals surface area contributed by atoms with Crippen LogP contribution in [0.15, 0.2) is 81.8 Å². The van der Waals surface area contributed by atoms with Crippen molar-refractivity contribution in [3.8, 4) is 69.3 Å². The lowest BCUT2D eigenvalue weighted by Gasteiger charge is -2.11. The molecule has 2 aliphatic carbocycles. The van der Waals surface area contributed by atoms with Gasteiger partial charge in [-0.05, 0) is 150 Å². The molecule has 2 N–H and O–H groups in total. The van der Waals surface area contributed by atoms with Crippen molar-refractivity contribution in [3.05, 3.63) is 106 Å². The molecule has 0 saturated heterocycles. The van der Waals surface area contributed by atoms with Gasteiger partial charge < -0.3 is 41.1 Å². The predicted octanol–water partition coefficient (Wildman–Crippen LogP) is 6.73. The molecule has 0 amide bonds. The minimum absolute atomic E-state index is 0. The lowest BCUT2D eigenvalue weighted by atomic mass is 9.95. The van der Waals surface area contributed by atoms with Crippen molar-refractivity contribution in [1.29, 1.82) is 10.5 Å². The molecular weight excluding hydrogens is 792 g/mol. The first kappa shape index (κ1) is 44.5. The van der Waals surface area contributed by atoms with E-state index in [1.54, 1.807) is 24.3 Å². The number of benzene rings is 4. The summed E-state index contributed by atoms with van der Waals surface area (Å²) in [4.78, 5) is 9.23. The highest BCUT2D eigenvalue weighted by molar-refractivity contribution is 5.68. The molecule has 0 fully saturated rings. The fraction of sp³-hybridized carbons (Fsp3) is 0.375. The third-order valence-corrected chi connectivity index (χ3v) is 11.0. The van der Waals surface area contributed by atoms with Crippen LogP contribution in [0.5, 0.6) is 11.5 Å². The van der Waals surface area contributed by atoms with Gasteiger partial charge in [0.05, 0.1) is 23.3 Å². The molecule has 8 rings (SSSR count). The van der Waals surface area contributed by atoms with Crippen LogP contribution in [0.4, 0.5) is 0 Å². The van der Waals surface area contributed by atoms with E-state index in [0.29, 0.717) is 69.0 Å². The van der Waals surface area contributed by atoms with Crippen molar-refractivity contribution >= 4 is 0 Å². The van der Waals surface area contributed by atoms with Crippen molar-refractivity contribution in [1.82, 2.24) is 20.3 Å². The van der Waals surface area contributed by atoms with Gasteiger partial charge in [0.15, 0.2) is 0 Å². The molecule has 2 aromatic heterocycles. The highest BCUT2D eigenvalue weighted by Crippen LogP contribution is 2.42. The molecule has 0 radical (unpaired) electrons. The SMILES string of the molecule is CC(C)Oc1ccc(-c2nc(-c3cccc4c3CC[C@@H]4CCCO)no2)cc1C#N.CC(C)Oc1ccc(-c2nc(-c3cccc4c3CC[C@@H]4CCCO)no2)cc1C#N.[Cl-]. The topological polar surface area (TPSA) is 184 Å². The number of ether oxygens (including phenoxy) is 2. The van der Waals surface area contributed by atoms with Crippen LogP contribution in [0.1, 0.15) is 111 Å². The van der Waals surface area contributed by atoms with Gasteiger partial charge in [-0.25, -0.2) is 0 Å². The number of hydrogen-bond acceptors (Lipinski definition) is 12. The standard InChI is InChI=1S/2C24H25N3O3.ClH/c2*1-15(2)29-22-11-9-17(13-18(22)14-25)24-26-23(27-30-24)21-7-3-6-19-16(5-4-12-28)8-10-20(19)21;/h2*3,6-7,9,11,13,15-16,28H,4-5,8,10,12H2,1-2H3;1H/p-1/t2*16-;/m00./s1. The van der Waals surface area contributed by atoms with E-state index in [-0.39, 0.29) is 37.8 Å². The second-order valence-corrected chi connectivity index (χ2v) is 15.8. The molecule has 2 atom stereocenters. The van der Waals surface area contributed by atoms with Crippen molar-refractivity contribution in [2.24, 2.45) is 0 Å². The molecule has 0 spiro atoms. The minimum atomic E-state index is -0.0145. The van der Waals surface area contributed by atoms with Crippen LogP contribution >= 0.6 is 0 Å². The van der Waals surface area contributed by atoms with Crippen LogP contribution in [0.2, 0.25) is 0 Å². The van der Waals surface area contributed by atoms with Gasteiger partial charge in [-0.3, -0.25) is 0 Å². The molecule has 0 unspecified atom stereocenters. The van der Waals surface area contributed by atoms with E-state index < -0.39 is 0 Å². The zero-order valence-corrected chi connectivity index (χ0v) is 35.7. The van der Waals surface area contributed by atoms with E-state index in [1.807, 2.05) is 64.1 Å². The number of fused-ring (bicyclic) bond motifs is 2. The third kappa shape index (κ3) is 10.1. The fourth-order valence-corrected chi connectivity index (χ4v) is 8.29. The van der Waals surface area contributed by atoms with Crippen LogP contribution in [0.3, 0.4) is 0 Å². The number of aliphatic hydroxyl groups is 2. The molecule has 2 heterocycles. The van der Waals surface area contributed by atoms with Gasteiger partial charge >= 0.3 is 0 Å². The average Bonchev–Trinajstić information content (AvgIpc) is 4.09. The summed E-state index contributed by atoms with van der Waals surface area (Å²) in [6.07, 6.45) is 7.71. The molecule has 61 heavy (non-hydrogen) atoms. The zero-order chi connectivity index (χ0) is 42.2. The number of halogens is 1. The Hall–Kier alpha value is -6.05. The largest absolute Gasteiger partial charge is 1.00 e. The van der Waals surface area contributed by atoms with Crippen molar-refractivity contribution < 1.29 is 41.1 Å². The van der Waals surface area contributed by atoms with E-state index in [4.69, 9.17) is 28.7 Å². The van der Waals surface area contributed by atoms with E-state index >= 15 is 0 Å². The second-order valence-electron chi connectivity index (χ2n) is 15.8. The van der Waals surface area contributed by atoms with E-state index in [1.165, 1.54) is 22.3 Å². The smallest absolute Gasteiger partial charge is 0.258 e. The lowest BCUT2D eigenvalue weighted by molar-refractivity contribution is -0.0000181. The molecule has 4 aromatic carbocycles. The number of nitriles is 2. The van der Waals surface area contributed by atoms with Crippen LogP contribution in [-0.2, 0) is 12.8 Å². The highest BCUT2D eigenvalue weighted by Gasteiger charge is 2.28. The number of aromatic nitrogens is 4. The minimum Gasteiger partial charge on any atom is -1.00 e. The molecule has 316 valence electrons. The normalized spacial score (nSPS) is 15.0. The molecule has 0 aliphatic heterocycles. The van der Waals surface area contributed by atoms with Gasteiger partial charge in [-0.1, -0.05) is 46.7 Å². The second kappa shape index (κ2) is 20.5. The van der Waals surface area contributed by atoms with Gasteiger partial charge in [0.2, 0.25) is 11.6 Å². The molecule has 2 aliphatic rings. The van der Waals surface area contributed by atoms with Gasteiger partial charge in [-0.2, -0.15) is 20.5 Å². The molecular formula is C48H50ClN6O6-. The quantitative estimate of drug-likeness (QED) is 0.118. The number of nitrogens with zero attached hydrogens (tertiary/aromatic N) is 6. The summed E-state index contributed by atoms with van der Waals surface area (Å²) in [5.41, 5.74) is 9.44. The summed E-state index contributed by atoms with van der Waals surface area (Å²) in [5, 5.41) is 45.7. The maximum atomic E-state index is 9.47. The van der Waals surface area contributed by atoms with Crippen LogP contribution < -0.4 is 21.9 Å². The maximum Gasteiger partial charge on any atom is 0.258 e. The summed E-state index contributed by atoms with van der Waals surface area (Å²) in [6, 6.07) is 27.4. The third-order valence-electron chi connectivity index (χ3n) is 11.0. The molecule has 13 heteroatoms. The van der Waals surface area contributed by atoms with Crippen LogP contribution in [-0.4, -0.2) is 55.9 Å². The number of rotatable bonds is 14. The van der Waals surface area contributed by atoms with E-state index in [0.717, 1.165) is 62.5 Å². The number of hydrogen-bond donors (Lipinski definition) is 2. The Kier molecular flexibility index (Phi) is 14.9.